The van der Waals surface area contributed by atoms with E-state index in [1.54, 1.807) is 4.90 Å². The first-order valence-electron chi connectivity index (χ1n) is 5.57. The van der Waals surface area contributed by atoms with Gasteiger partial charge < -0.3 is 15.3 Å². The number of carboxylic acids is 1. The van der Waals surface area contributed by atoms with E-state index in [-0.39, 0.29) is 12.5 Å². The van der Waals surface area contributed by atoms with Crippen molar-refractivity contribution in [3.8, 4) is 0 Å². The quantitative estimate of drug-likeness (QED) is 0.813. The molecule has 1 unspecified atom stereocenters. The summed E-state index contributed by atoms with van der Waals surface area (Å²) in [6, 6.07) is -0.108. The van der Waals surface area contributed by atoms with Gasteiger partial charge in [-0.1, -0.05) is 22.5 Å². The van der Waals surface area contributed by atoms with Crippen molar-refractivity contribution in [2.24, 2.45) is 5.92 Å². The van der Waals surface area contributed by atoms with Crippen LogP contribution in [0.1, 0.15) is 19.3 Å². The molecule has 2 N–H and O–H groups in total. The summed E-state index contributed by atoms with van der Waals surface area (Å²) in [6.07, 6.45) is 1.71. The number of halogens is 1. The van der Waals surface area contributed by atoms with Gasteiger partial charge in [0.1, 0.15) is 0 Å². The number of likely N-dealkylation sites (tertiary alicyclic amines) is 1. The molecule has 0 spiro atoms. The molecule has 0 aliphatic carbocycles. The molecule has 1 aliphatic rings. The summed E-state index contributed by atoms with van der Waals surface area (Å²) in [7, 11) is 0. The van der Waals surface area contributed by atoms with Crippen molar-refractivity contribution < 1.29 is 14.7 Å². The number of hydrogen-bond acceptors (Lipinski definition) is 2. The molecule has 0 aromatic heterocycles. The van der Waals surface area contributed by atoms with Crippen LogP contribution in [0.4, 0.5) is 4.79 Å². The van der Waals surface area contributed by atoms with Gasteiger partial charge >= 0.3 is 12.0 Å². The van der Waals surface area contributed by atoms with Gasteiger partial charge in [-0.15, -0.1) is 0 Å². The highest BCUT2D eigenvalue weighted by Gasteiger charge is 2.26. The molecule has 17 heavy (non-hydrogen) atoms. The molecule has 5 nitrogen and oxygen atoms in total. The lowest BCUT2D eigenvalue weighted by atomic mass is 10.0. The van der Waals surface area contributed by atoms with Crippen molar-refractivity contribution in [3.63, 3.8) is 0 Å². The van der Waals surface area contributed by atoms with E-state index in [4.69, 9.17) is 5.11 Å². The smallest absolute Gasteiger partial charge is 0.317 e. The predicted octanol–water partition coefficient (Wildman–Crippen LogP) is 1.79. The fourth-order valence-electron chi connectivity index (χ4n) is 1.86. The van der Waals surface area contributed by atoms with E-state index in [9.17, 15) is 9.59 Å². The number of nitrogens with one attached hydrogen (secondary N) is 1. The number of rotatable bonds is 5. The lowest BCUT2D eigenvalue weighted by Crippen LogP contribution is -2.38. The van der Waals surface area contributed by atoms with Gasteiger partial charge in [-0.2, -0.15) is 0 Å². The number of nitrogens with zero attached hydrogens (tertiary/aromatic N) is 1. The molecule has 96 valence electrons. The largest absolute Gasteiger partial charge is 0.481 e. The van der Waals surface area contributed by atoms with Gasteiger partial charge in [-0.3, -0.25) is 4.79 Å². The summed E-state index contributed by atoms with van der Waals surface area (Å²) >= 11 is 3.17. The minimum atomic E-state index is -0.775. The number of amides is 2. The van der Waals surface area contributed by atoms with Crippen molar-refractivity contribution in [2.75, 3.05) is 19.6 Å². The van der Waals surface area contributed by atoms with E-state index in [2.05, 4.69) is 27.8 Å². The number of carboxylic acid groups (broad SMARTS) is 1. The van der Waals surface area contributed by atoms with E-state index in [0.717, 1.165) is 10.9 Å². The van der Waals surface area contributed by atoms with Crippen molar-refractivity contribution >= 4 is 27.9 Å². The molecule has 1 aliphatic heterocycles. The van der Waals surface area contributed by atoms with Crippen LogP contribution < -0.4 is 5.32 Å². The molecule has 1 heterocycles. The molecule has 0 radical (unpaired) electrons. The zero-order valence-electron chi connectivity index (χ0n) is 9.62. The van der Waals surface area contributed by atoms with Crippen molar-refractivity contribution in [1.29, 1.82) is 0 Å². The Labute approximate surface area is 109 Å². The standard InChI is InChI=1S/C11H17BrN2O3/c1-8(12)6-13-11(17)14-5-4-9(7-14)2-3-10(15)16/h9H,1-7H2,(H,13,17)(H,15,16). The van der Waals surface area contributed by atoms with Crippen LogP contribution in [-0.2, 0) is 4.79 Å². The first-order chi connectivity index (χ1) is 7.99. The Bertz CT molecular complexity index is 320. The maximum absolute atomic E-state index is 11.7. The minimum absolute atomic E-state index is 0.108. The molecule has 2 amide bonds. The van der Waals surface area contributed by atoms with Crippen LogP contribution >= 0.6 is 15.9 Å². The molecule has 0 aromatic carbocycles. The Balaban J connectivity index is 2.26. The van der Waals surface area contributed by atoms with Gasteiger partial charge in [-0.05, 0) is 18.8 Å². The van der Waals surface area contributed by atoms with Gasteiger partial charge in [0.2, 0.25) is 0 Å². The molecule has 0 aromatic rings. The van der Waals surface area contributed by atoms with E-state index >= 15 is 0 Å². The second-order valence-electron chi connectivity index (χ2n) is 4.21. The van der Waals surface area contributed by atoms with Crippen LogP contribution in [-0.4, -0.2) is 41.6 Å². The van der Waals surface area contributed by atoms with Gasteiger partial charge in [0.25, 0.3) is 0 Å². The van der Waals surface area contributed by atoms with Crippen LogP contribution in [0.2, 0.25) is 0 Å². The second kappa shape index (κ2) is 6.64. The lowest BCUT2D eigenvalue weighted by molar-refractivity contribution is -0.137. The third-order valence-corrected chi connectivity index (χ3v) is 3.05. The summed E-state index contributed by atoms with van der Waals surface area (Å²) in [5, 5.41) is 11.3. The van der Waals surface area contributed by atoms with Crippen molar-refractivity contribution in [3.05, 3.63) is 11.1 Å². The van der Waals surface area contributed by atoms with Crippen LogP contribution in [0.25, 0.3) is 0 Å². The third kappa shape index (κ3) is 5.21. The molecule has 0 bridgehead atoms. The SMILES string of the molecule is C=C(Br)CNC(=O)N1CCC(CCC(=O)O)C1. The number of aliphatic carboxylic acids is 1. The van der Waals surface area contributed by atoms with Crippen molar-refractivity contribution in [1.82, 2.24) is 10.2 Å². The number of urea groups is 1. The summed E-state index contributed by atoms with van der Waals surface area (Å²) in [6.45, 7) is 5.39. The first-order valence-corrected chi connectivity index (χ1v) is 6.36. The van der Waals surface area contributed by atoms with Gasteiger partial charge in [-0.25, -0.2) is 4.79 Å². The Kier molecular flexibility index (Phi) is 5.47. The second-order valence-corrected chi connectivity index (χ2v) is 5.33. The Morgan fingerprint density at radius 2 is 2.24 bits per heavy atom. The zero-order chi connectivity index (χ0) is 12.8. The molecule has 1 saturated heterocycles. The zero-order valence-corrected chi connectivity index (χ0v) is 11.2. The number of carbonyl (C=O) groups excluding carboxylic acids is 1. The monoisotopic (exact) mass is 304 g/mol. The predicted molar refractivity (Wildman–Crippen MR) is 68.0 cm³/mol. The molecular weight excluding hydrogens is 288 g/mol. The normalized spacial score (nSPS) is 19.1. The summed E-state index contributed by atoms with van der Waals surface area (Å²) in [4.78, 5) is 23.8. The molecule has 6 heteroatoms. The van der Waals surface area contributed by atoms with E-state index < -0.39 is 5.97 Å². The molecule has 0 saturated carbocycles. The van der Waals surface area contributed by atoms with Gasteiger partial charge in [0.05, 0.1) is 6.54 Å². The molecule has 1 atom stereocenters. The summed E-state index contributed by atoms with van der Waals surface area (Å²) in [5.41, 5.74) is 0. The highest BCUT2D eigenvalue weighted by atomic mass is 79.9. The van der Waals surface area contributed by atoms with Crippen LogP contribution in [0.15, 0.2) is 11.1 Å². The van der Waals surface area contributed by atoms with E-state index in [1.807, 2.05) is 0 Å². The Morgan fingerprint density at radius 1 is 1.53 bits per heavy atom. The molecular formula is C11H17BrN2O3. The third-order valence-electron chi connectivity index (χ3n) is 2.77. The minimum Gasteiger partial charge on any atom is -0.481 e. The van der Waals surface area contributed by atoms with Crippen LogP contribution in [0, 0.1) is 5.92 Å². The maximum Gasteiger partial charge on any atom is 0.317 e. The fourth-order valence-corrected chi connectivity index (χ4v) is 2.00. The number of hydrogen-bond donors (Lipinski definition) is 2. The maximum atomic E-state index is 11.7. The lowest BCUT2D eigenvalue weighted by Gasteiger charge is -2.17. The topological polar surface area (TPSA) is 69.6 Å². The van der Waals surface area contributed by atoms with Gasteiger partial charge in [0.15, 0.2) is 0 Å². The van der Waals surface area contributed by atoms with E-state index in [0.29, 0.717) is 32.0 Å². The summed E-state index contributed by atoms with van der Waals surface area (Å²) < 4.78 is 0.729. The average Bonchev–Trinajstić information content (AvgIpc) is 2.71. The van der Waals surface area contributed by atoms with Crippen LogP contribution in [0.5, 0.6) is 0 Å². The van der Waals surface area contributed by atoms with Gasteiger partial charge in [0, 0.05) is 24.0 Å². The highest BCUT2D eigenvalue weighted by molar-refractivity contribution is 9.11. The highest BCUT2D eigenvalue weighted by Crippen LogP contribution is 2.20. The van der Waals surface area contributed by atoms with Crippen LogP contribution in [0.3, 0.4) is 0 Å². The Morgan fingerprint density at radius 3 is 2.82 bits per heavy atom. The average molecular weight is 305 g/mol. The van der Waals surface area contributed by atoms with Crippen molar-refractivity contribution in [2.45, 2.75) is 19.3 Å². The fraction of sp³-hybridized carbons (Fsp3) is 0.636. The van der Waals surface area contributed by atoms with E-state index in [1.165, 1.54) is 0 Å². The molecule has 1 fully saturated rings. The first kappa shape index (κ1) is 14.0. The summed E-state index contributed by atoms with van der Waals surface area (Å²) in [5.74, 6) is -0.465. The number of carbonyl (C=O) groups is 2. The Hall–Kier alpha value is -1.04. The molecule has 1 rings (SSSR count).